The molecule has 0 saturated heterocycles. The molecular weight excluding hydrogens is 414 g/mol. The summed E-state index contributed by atoms with van der Waals surface area (Å²) in [5.41, 5.74) is 0. The fourth-order valence-corrected chi connectivity index (χ4v) is 4.30. The van der Waals surface area contributed by atoms with E-state index in [1.165, 1.54) is 63.9 Å². The van der Waals surface area contributed by atoms with E-state index in [9.17, 15) is 22.9 Å². The van der Waals surface area contributed by atoms with E-state index >= 15 is 0 Å². The molecule has 0 spiro atoms. The van der Waals surface area contributed by atoms with Crippen LogP contribution in [0, 0.1) is 0 Å². The fourth-order valence-electron chi connectivity index (χ4n) is 3.56. The first-order chi connectivity index (χ1) is 14.8. The molecule has 0 saturated carbocycles. The second-order valence-corrected chi connectivity index (χ2v) is 10.1. The van der Waals surface area contributed by atoms with Crippen LogP contribution in [0.1, 0.15) is 117 Å². The normalized spacial score (nSPS) is 14.1. The SMILES string of the molecule is CCCCCCCC/C=C/C(O)C(CS(=O)(=O)O)NC(=O)CCCCCCCCCC. The summed E-state index contributed by atoms with van der Waals surface area (Å²) < 4.78 is 31.8. The lowest BCUT2D eigenvalue weighted by molar-refractivity contribution is -0.122. The van der Waals surface area contributed by atoms with Gasteiger partial charge in [0, 0.05) is 6.42 Å². The quantitative estimate of drug-likeness (QED) is 0.118. The molecule has 0 bridgehead atoms. The average molecular weight is 462 g/mol. The van der Waals surface area contributed by atoms with Crippen molar-refractivity contribution in [3.8, 4) is 0 Å². The summed E-state index contributed by atoms with van der Waals surface area (Å²) in [5, 5.41) is 12.9. The molecule has 0 aliphatic carbocycles. The molecule has 6 nitrogen and oxygen atoms in total. The zero-order chi connectivity index (χ0) is 23.4. The highest BCUT2D eigenvalue weighted by Crippen LogP contribution is 2.11. The third kappa shape index (κ3) is 20.7. The van der Waals surface area contributed by atoms with E-state index in [2.05, 4.69) is 19.2 Å². The highest BCUT2D eigenvalue weighted by molar-refractivity contribution is 7.85. The highest BCUT2D eigenvalue weighted by atomic mass is 32.2. The molecule has 2 unspecified atom stereocenters. The van der Waals surface area contributed by atoms with Crippen molar-refractivity contribution in [3.05, 3.63) is 12.2 Å². The van der Waals surface area contributed by atoms with Gasteiger partial charge in [-0.05, 0) is 19.3 Å². The van der Waals surface area contributed by atoms with Crippen LogP contribution in [-0.2, 0) is 14.9 Å². The maximum Gasteiger partial charge on any atom is 0.267 e. The van der Waals surface area contributed by atoms with Gasteiger partial charge in [0.1, 0.15) is 0 Å². The van der Waals surface area contributed by atoms with Crippen LogP contribution in [0.25, 0.3) is 0 Å². The van der Waals surface area contributed by atoms with Gasteiger partial charge in [0.05, 0.1) is 17.9 Å². The number of allylic oxidation sites excluding steroid dienone is 1. The van der Waals surface area contributed by atoms with Crippen molar-refractivity contribution in [1.82, 2.24) is 5.32 Å². The van der Waals surface area contributed by atoms with E-state index in [-0.39, 0.29) is 5.91 Å². The monoisotopic (exact) mass is 461 g/mol. The third-order valence-corrected chi connectivity index (χ3v) is 6.24. The van der Waals surface area contributed by atoms with Gasteiger partial charge in [0.15, 0.2) is 0 Å². The van der Waals surface area contributed by atoms with Crippen LogP contribution in [0.5, 0.6) is 0 Å². The Morgan fingerprint density at radius 3 is 1.84 bits per heavy atom. The Kier molecular flexibility index (Phi) is 19.2. The third-order valence-electron chi connectivity index (χ3n) is 5.46. The Hall–Kier alpha value is -0.920. The number of amides is 1. The number of unbranched alkanes of at least 4 members (excludes halogenated alkanes) is 13. The summed E-state index contributed by atoms with van der Waals surface area (Å²) in [6.45, 7) is 4.37. The van der Waals surface area contributed by atoms with Gasteiger partial charge in [-0.3, -0.25) is 9.35 Å². The minimum atomic E-state index is -4.31. The van der Waals surface area contributed by atoms with Crippen molar-refractivity contribution in [3.63, 3.8) is 0 Å². The van der Waals surface area contributed by atoms with Gasteiger partial charge in [-0.25, -0.2) is 0 Å². The molecule has 2 atom stereocenters. The van der Waals surface area contributed by atoms with Crippen LogP contribution in [0.15, 0.2) is 12.2 Å². The number of nitrogens with one attached hydrogen (secondary N) is 1. The Labute approximate surface area is 191 Å². The zero-order valence-electron chi connectivity index (χ0n) is 19.9. The Morgan fingerprint density at radius 1 is 0.839 bits per heavy atom. The Balaban J connectivity index is 4.26. The van der Waals surface area contributed by atoms with Gasteiger partial charge < -0.3 is 10.4 Å². The van der Waals surface area contributed by atoms with Crippen molar-refractivity contribution in [2.75, 3.05) is 5.75 Å². The minimum absolute atomic E-state index is 0.289. The predicted molar refractivity (Wildman–Crippen MR) is 129 cm³/mol. The van der Waals surface area contributed by atoms with E-state index in [0.717, 1.165) is 38.5 Å². The van der Waals surface area contributed by atoms with E-state index < -0.39 is 28.0 Å². The maximum absolute atomic E-state index is 12.2. The van der Waals surface area contributed by atoms with Gasteiger partial charge in [0.25, 0.3) is 10.1 Å². The second-order valence-electron chi connectivity index (χ2n) is 8.62. The van der Waals surface area contributed by atoms with Crippen molar-refractivity contribution in [1.29, 1.82) is 0 Å². The second kappa shape index (κ2) is 19.7. The number of aliphatic hydroxyl groups excluding tert-OH is 1. The summed E-state index contributed by atoms with van der Waals surface area (Å²) in [7, 11) is -4.31. The van der Waals surface area contributed by atoms with Crippen LogP contribution in [0.2, 0.25) is 0 Å². The molecule has 0 radical (unpaired) electrons. The van der Waals surface area contributed by atoms with Crippen molar-refractivity contribution < 1.29 is 22.9 Å². The van der Waals surface area contributed by atoms with Crippen LogP contribution in [0.3, 0.4) is 0 Å². The molecule has 0 rings (SSSR count). The number of aliphatic hydroxyl groups is 1. The van der Waals surface area contributed by atoms with Crippen molar-refractivity contribution in [2.24, 2.45) is 0 Å². The molecular formula is C24H47NO5S. The Bertz CT molecular complexity index is 562. The van der Waals surface area contributed by atoms with E-state index in [4.69, 9.17) is 0 Å². The molecule has 0 heterocycles. The first-order valence-corrected chi connectivity index (χ1v) is 14.0. The van der Waals surface area contributed by atoms with Crippen LogP contribution in [-0.4, -0.2) is 41.9 Å². The van der Waals surface area contributed by atoms with Gasteiger partial charge in [0.2, 0.25) is 5.91 Å². The van der Waals surface area contributed by atoms with Crippen molar-refractivity contribution in [2.45, 2.75) is 129 Å². The van der Waals surface area contributed by atoms with Gasteiger partial charge in [-0.2, -0.15) is 8.42 Å². The number of carbonyl (C=O) groups is 1. The molecule has 0 aromatic rings. The minimum Gasteiger partial charge on any atom is -0.387 e. The Morgan fingerprint density at radius 2 is 1.32 bits per heavy atom. The molecule has 0 aromatic carbocycles. The molecule has 0 fully saturated rings. The number of hydrogen-bond donors (Lipinski definition) is 3. The molecule has 0 aliphatic rings. The molecule has 0 aliphatic heterocycles. The van der Waals surface area contributed by atoms with Crippen LogP contribution in [0.4, 0.5) is 0 Å². The highest BCUT2D eigenvalue weighted by Gasteiger charge is 2.24. The maximum atomic E-state index is 12.2. The topological polar surface area (TPSA) is 104 Å². The number of rotatable bonds is 21. The fraction of sp³-hybridized carbons (Fsp3) is 0.875. The first kappa shape index (κ1) is 30.1. The molecule has 0 aromatic heterocycles. The molecule has 1 amide bonds. The predicted octanol–water partition coefficient (Wildman–Crippen LogP) is 5.56. The molecule has 3 N–H and O–H groups in total. The van der Waals surface area contributed by atoms with Crippen LogP contribution < -0.4 is 5.32 Å². The van der Waals surface area contributed by atoms with Crippen molar-refractivity contribution >= 4 is 16.0 Å². The van der Waals surface area contributed by atoms with Gasteiger partial charge in [-0.1, -0.05) is 103 Å². The summed E-state index contributed by atoms with van der Waals surface area (Å²) >= 11 is 0. The van der Waals surface area contributed by atoms with Crippen LogP contribution >= 0.6 is 0 Å². The standard InChI is InChI=1S/C24H47NO5S/c1-3-5-7-9-11-13-15-17-19-23(26)22(21-31(28,29)30)25-24(27)20-18-16-14-12-10-8-6-4-2/h17,19,22-23,26H,3-16,18,20-21H2,1-2H3,(H,25,27)(H,28,29,30)/b19-17+. The molecule has 31 heavy (non-hydrogen) atoms. The van der Waals surface area contributed by atoms with Gasteiger partial charge in [-0.15, -0.1) is 0 Å². The summed E-state index contributed by atoms with van der Waals surface area (Å²) in [4.78, 5) is 12.2. The lowest BCUT2D eigenvalue weighted by Crippen LogP contribution is -2.46. The molecule has 184 valence electrons. The lowest BCUT2D eigenvalue weighted by Gasteiger charge is -2.21. The molecule has 7 heteroatoms. The van der Waals surface area contributed by atoms with E-state index in [0.29, 0.717) is 6.42 Å². The number of hydrogen-bond acceptors (Lipinski definition) is 4. The zero-order valence-corrected chi connectivity index (χ0v) is 20.7. The average Bonchev–Trinajstić information content (AvgIpc) is 2.70. The number of carbonyl (C=O) groups excluding carboxylic acids is 1. The summed E-state index contributed by atoms with van der Waals surface area (Å²) in [6.07, 6.45) is 19.3. The smallest absolute Gasteiger partial charge is 0.267 e. The van der Waals surface area contributed by atoms with Gasteiger partial charge >= 0.3 is 0 Å². The summed E-state index contributed by atoms with van der Waals surface area (Å²) in [6, 6.07) is -1.04. The first-order valence-electron chi connectivity index (χ1n) is 12.4. The van der Waals surface area contributed by atoms with E-state index in [1.54, 1.807) is 0 Å². The lowest BCUT2D eigenvalue weighted by atomic mass is 10.1. The summed E-state index contributed by atoms with van der Waals surface area (Å²) in [5.74, 6) is -0.985. The largest absolute Gasteiger partial charge is 0.387 e. The van der Waals surface area contributed by atoms with E-state index in [1.807, 2.05) is 6.08 Å².